The molecule has 0 radical (unpaired) electrons. The zero-order valence-electron chi connectivity index (χ0n) is 9.23. The Labute approximate surface area is 95.3 Å². The van der Waals surface area contributed by atoms with Crippen LogP contribution in [0.2, 0.25) is 0 Å². The van der Waals surface area contributed by atoms with E-state index >= 15 is 0 Å². The van der Waals surface area contributed by atoms with E-state index in [1.807, 2.05) is 32.0 Å². The van der Waals surface area contributed by atoms with Gasteiger partial charge in [0.05, 0.1) is 6.61 Å². The van der Waals surface area contributed by atoms with E-state index in [0.717, 1.165) is 16.2 Å². The van der Waals surface area contributed by atoms with E-state index in [1.54, 1.807) is 11.8 Å². The van der Waals surface area contributed by atoms with Crippen molar-refractivity contribution in [3.8, 4) is 0 Å². The summed E-state index contributed by atoms with van der Waals surface area (Å²) in [5.74, 6) is 1.18. The number of aliphatic hydroxyl groups is 2. The molecule has 0 amide bonds. The average Bonchev–Trinajstić information content (AvgIpc) is 2.26. The highest BCUT2D eigenvalue weighted by atomic mass is 32.2. The van der Waals surface area contributed by atoms with Crippen LogP contribution in [-0.4, -0.2) is 22.6 Å². The lowest BCUT2D eigenvalue weighted by atomic mass is 10.1. The van der Waals surface area contributed by atoms with Gasteiger partial charge in [-0.15, -0.1) is 11.8 Å². The SMILES string of the molecule is Cc1ccc(SCC(C)CO)c(CO)c1. The Hall–Kier alpha value is -0.510. The standard InChI is InChI=1S/C12H18O2S/c1-9-3-4-12(11(5-9)7-14)15-8-10(2)6-13/h3-5,10,13-14H,6-8H2,1-2H3. The lowest BCUT2D eigenvalue weighted by Gasteiger charge is -2.10. The molecule has 3 heteroatoms. The van der Waals surface area contributed by atoms with Gasteiger partial charge in [0.2, 0.25) is 0 Å². The van der Waals surface area contributed by atoms with Crippen LogP contribution < -0.4 is 0 Å². The molecule has 0 aliphatic heterocycles. The molecule has 2 nitrogen and oxygen atoms in total. The molecule has 1 atom stereocenters. The van der Waals surface area contributed by atoms with E-state index in [4.69, 9.17) is 5.11 Å². The Morgan fingerprint density at radius 1 is 1.33 bits per heavy atom. The van der Waals surface area contributed by atoms with Crippen LogP contribution in [0, 0.1) is 12.8 Å². The summed E-state index contributed by atoms with van der Waals surface area (Å²) < 4.78 is 0. The molecule has 1 rings (SSSR count). The first-order valence-corrected chi connectivity index (χ1v) is 6.10. The summed E-state index contributed by atoms with van der Waals surface area (Å²) in [5, 5.41) is 18.1. The van der Waals surface area contributed by atoms with Crippen LogP contribution in [0.3, 0.4) is 0 Å². The predicted molar refractivity (Wildman–Crippen MR) is 64.1 cm³/mol. The largest absolute Gasteiger partial charge is 0.396 e. The van der Waals surface area contributed by atoms with Gasteiger partial charge in [-0.1, -0.05) is 24.6 Å². The number of aryl methyl sites for hydroxylation is 1. The van der Waals surface area contributed by atoms with Crippen molar-refractivity contribution in [3.63, 3.8) is 0 Å². The second-order valence-electron chi connectivity index (χ2n) is 3.87. The lowest BCUT2D eigenvalue weighted by Crippen LogP contribution is -2.03. The monoisotopic (exact) mass is 226 g/mol. The van der Waals surface area contributed by atoms with Gasteiger partial charge in [0, 0.05) is 17.3 Å². The number of benzene rings is 1. The molecule has 0 aromatic heterocycles. The lowest BCUT2D eigenvalue weighted by molar-refractivity contribution is 0.250. The van der Waals surface area contributed by atoms with Crippen LogP contribution in [0.5, 0.6) is 0 Å². The van der Waals surface area contributed by atoms with Crippen molar-refractivity contribution in [2.75, 3.05) is 12.4 Å². The normalized spacial score (nSPS) is 12.8. The Kier molecular flexibility index (Phi) is 5.15. The van der Waals surface area contributed by atoms with Crippen LogP contribution in [0.1, 0.15) is 18.1 Å². The first kappa shape index (κ1) is 12.6. The second-order valence-corrected chi connectivity index (χ2v) is 4.93. The van der Waals surface area contributed by atoms with Crippen molar-refractivity contribution in [3.05, 3.63) is 29.3 Å². The molecular weight excluding hydrogens is 208 g/mol. The molecule has 1 aromatic rings. The van der Waals surface area contributed by atoms with E-state index in [-0.39, 0.29) is 13.2 Å². The van der Waals surface area contributed by atoms with Gasteiger partial charge in [-0.05, 0) is 24.5 Å². The van der Waals surface area contributed by atoms with E-state index in [2.05, 4.69) is 0 Å². The average molecular weight is 226 g/mol. The summed E-state index contributed by atoms with van der Waals surface area (Å²) in [6, 6.07) is 6.09. The summed E-state index contributed by atoms with van der Waals surface area (Å²) in [6.45, 7) is 4.33. The first-order valence-electron chi connectivity index (χ1n) is 5.11. The van der Waals surface area contributed by atoms with Crippen molar-refractivity contribution in [1.29, 1.82) is 0 Å². The van der Waals surface area contributed by atoms with E-state index in [0.29, 0.717) is 5.92 Å². The molecule has 0 fully saturated rings. The van der Waals surface area contributed by atoms with Gasteiger partial charge < -0.3 is 10.2 Å². The minimum atomic E-state index is 0.0809. The van der Waals surface area contributed by atoms with Crippen LogP contribution >= 0.6 is 11.8 Å². The summed E-state index contributed by atoms with van der Waals surface area (Å²) in [7, 11) is 0. The number of aliphatic hydroxyl groups excluding tert-OH is 2. The third-order valence-electron chi connectivity index (χ3n) is 2.22. The van der Waals surface area contributed by atoms with E-state index in [1.165, 1.54) is 5.56 Å². The Bertz CT molecular complexity index is 312. The molecule has 0 bridgehead atoms. The molecule has 0 saturated heterocycles. The maximum absolute atomic E-state index is 9.20. The molecule has 1 unspecified atom stereocenters. The van der Waals surface area contributed by atoms with Crippen molar-refractivity contribution < 1.29 is 10.2 Å². The smallest absolute Gasteiger partial charge is 0.0692 e. The van der Waals surface area contributed by atoms with Gasteiger partial charge in [0.15, 0.2) is 0 Å². The molecule has 0 aliphatic rings. The fourth-order valence-corrected chi connectivity index (χ4v) is 2.30. The van der Waals surface area contributed by atoms with Crippen molar-refractivity contribution in [2.24, 2.45) is 5.92 Å². The summed E-state index contributed by atoms with van der Waals surface area (Å²) in [4.78, 5) is 1.11. The van der Waals surface area contributed by atoms with Crippen LogP contribution in [-0.2, 0) is 6.61 Å². The summed E-state index contributed by atoms with van der Waals surface area (Å²) >= 11 is 1.69. The Morgan fingerprint density at radius 3 is 2.67 bits per heavy atom. The van der Waals surface area contributed by atoms with Gasteiger partial charge >= 0.3 is 0 Å². The fourth-order valence-electron chi connectivity index (χ4n) is 1.26. The minimum absolute atomic E-state index is 0.0809. The van der Waals surface area contributed by atoms with Gasteiger partial charge in [-0.2, -0.15) is 0 Å². The molecule has 0 spiro atoms. The summed E-state index contributed by atoms with van der Waals surface area (Å²) in [5.41, 5.74) is 2.14. The maximum atomic E-state index is 9.20. The van der Waals surface area contributed by atoms with Crippen molar-refractivity contribution >= 4 is 11.8 Å². The zero-order valence-corrected chi connectivity index (χ0v) is 10.0. The highest BCUT2D eigenvalue weighted by Gasteiger charge is 2.05. The minimum Gasteiger partial charge on any atom is -0.396 e. The van der Waals surface area contributed by atoms with Gasteiger partial charge in [0.1, 0.15) is 0 Å². The molecule has 84 valence electrons. The zero-order chi connectivity index (χ0) is 11.3. The molecule has 0 heterocycles. The Morgan fingerprint density at radius 2 is 2.07 bits per heavy atom. The molecule has 15 heavy (non-hydrogen) atoms. The summed E-state index contributed by atoms with van der Waals surface area (Å²) in [6.07, 6.45) is 0. The van der Waals surface area contributed by atoms with Gasteiger partial charge in [-0.25, -0.2) is 0 Å². The second kappa shape index (κ2) is 6.16. The number of rotatable bonds is 5. The highest BCUT2D eigenvalue weighted by molar-refractivity contribution is 7.99. The van der Waals surface area contributed by atoms with Gasteiger partial charge in [0.25, 0.3) is 0 Å². The molecule has 1 aromatic carbocycles. The quantitative estimate of drug-likeness (QED) is 0.756. The van der Waals surface area contributed by atoms with E-state index < -0.39 is 0 Å². The third kappa shape index (κ3) is 3.86. The van der Waals surface area contributed by atoms with E-state index in [9.17, 15) is 5.11 Å². The topological polar surface area (TPSA) is 40.5 Å². The predicted octanol–water partition coefficient (Wildman–Crippen LogP) is 2.21. The van der Waals surface area contributed by atoms with Crippen LogP contribution in [0.25, 0.3) is 0 Å². The number of thioether (sulfide) groups is 1. The molecule has 0 aliphatic carbocycles. The van der Waals surface area contributed by atoms with Crippen LogP contribution in [0.15, 0.2) is 23.1 Å². The molecular formula is C12H18O2S. The third-order valence-corrected chi connectivity index (χ3v) is 3.67. The number of hydrogen-bond acceptors (Lipinski definition) is 3. The molecule has 2 N–H and O–H groups in total. The van der Waals surface area contributed by atoms with Crippen molar-refractivity contribution in [1.82, 2.24) is 0 Å². The molecule has 0 saturated carbocycles. The number of hydrogen-bond donors (Lipinski definition) is 2. The van der Waals surface area contributed by atoms with Crippen molar-refractivity contribution in [2.45, 2.75) is 25.3 Å². The highest BCUT2D eigenvalue weighted by Crippen LogP contribution is 2.25. The van der Waals surface area contributed by atoms with Crippen LogP contribution in [0.4, 0.5) is 0 Å². The first-order chi connectivity index (χ1) is 7.17. The Balaban J connectivity index is 2.67. The van der Waals surface area contributed by atoms with Gasteiger partial charge in [-0.3, -0.25) is 0 Å². The fraction of sp³-hybridized carbons (Fsp3) is 0.500. The maximum Gasteiger partial charge on any atom is 0.0692 e.